The maximum atomic E-state index is 12.4. The van der Waals surface area contributed by atoms with Gasteiger partial charge in [0.15, 0.2) is 0 Å². The summed E-state index contributed by atoms with van der Waals surface area (Å²) in [4.78, 5) is 36.5. The molecule has 1 N–H and O–H groups in total. The molecule has 1 aromatic heterocycles. The van der Waals surface area contributed by atoms with Gasteiger partial charge in [0.05, 0.1) is 12.7 Å². The first kappa shape index (κ1) is 17.9. The van der Waals surface area contributed by atoms with Crippen molar-refractivity contribution >= 4 is 17.6 Å². The topological polar surface area (TPSA) is 95.2 Å². The Morgan fingerprint density at radius 2 is 2.08 bits per heavy atom. The number of carbonyl (C=O) groups excluding carboxylic acids is 2. The number of nitrogens with zero attached hydrogens (tertiary/aromatic N) is 3. The number of benzene rings is 1. The van der Waals surface area contributed by atoms with E-state index in [-0.39, 0.29) is 18.1 Å². The number of esters is 1. The predicted molar refractivity (Wildman–Crippen MR) is 95.2 cm³/mol. The van der Waals surface area contributed by atoms with Crippen LogP contribution in [0.4, 0.5) is 5.69 Å². The van der Waals surface area contributed by atoms with Crippen molar-refractivity contribution in [2.75, 3.05) is 12.4 Å². The van der Waals surface area contributed by atoms with Crippen LogP contribution in [0.25, 0.3) is 0 Å². The molecule has 1 aromatic carbocycles. The number of nitrogens with one attached hydrogen (secondary N) is 1. The maximum Gasteiger partial charge on any atom is 0.346 e. The average molecular weight is 358 g/mol. The van der Waals surface area contributed by atoms with E-state index in [2.05, 4.69) is 10.4 Å². The lowest BCUT2D eigenvalue weighted by molar-refractivity contribution is -0.117. The number of hydrogen-bond donors (Lipinski definition) is 1. The lowest BCUT2D eigenvalue weighted by atomic mass is 10.1. The molecule has 0 bridgehead atoms. The molecule has 0 saturated carbocycles. The largest absolute Gasteiger partial charge is 0.465 e. The van der Waals surface area contributed by atoms with Gasteiger partial charge in [-0.2, -0.15) is 5.10 Å². The Morgan fingerprint density at radius 3 is 2.85 bits per heavy atom. The summed E-state index contributed by atoms with van der Waals surface area (Å²) in [5.74, 6) is -0.107. The number of anilines is 1. The third-order valence-electron chi connectivity index (χ3n) is 4.51. The van der Waals surface area contributed by atoms with Gasteiger partial charge in [0.2, 0.25) is 5.91 Å². The van der Waals surface area contributed by atoms with Crippen LogP contribution in [-0.4, -0.2) is 33.3 Å². The van der Waals surface area contributed by atoms with E-state index in [0.29, 0.717) is 17.8 Å². The van der Waals surface area contributed by atoms with E-state index in [9.17, 15) is 14.4 Å². The molecule has 0 unspecified atom stereocenters. The Labute approximate surface area is 150 Å². The first-order chi connectivity index (χ1) is 12.5. The fraction of sp³-hybridized carbons (Fsp3) is 0.444. The second-order valence-electron chi connectivity index (χ2n) is 6.39. The number of hydrogen-bond acceptors (Lipinski definition) is 5. The monoisotopic (exact) mass is 358 g/mol. The highest BCUT2D eigenvalue weighted by molar-refractivity contribution is 5.95. The van der Waals surface area contributed by atoms with Crippen molar-refractivity contribution in [3.05, 3.63) is 45.6 Å². The lowest BCUT2D eigenvalue weighted by Crippen LogP contribution is -2.30. The minimum atomic E-state index is -0.477. The maximum absolute atomic E-state index is 12.4. The van der Waals surface area contributed by atoms with Crippen LogP contribution in [0.15, 0.2) is 23.0 Å². The second-order valence-corrected chi connectivity index (χ2v) is 6.39. The van der Waals surface area contributed by atoms with Crippen LogP contribution in [0.1, 0.15) is 41.0 Å². The first-order valence-electron chi connectivity index (χ1n) is 8.65. The molecular weight excluding hydrogens is 336 g/mol. The van der Waals surface area contributed by atoms with Crippen LogP contribution in [0, 0.1) is 6.92 Å². The molecule has 1 amide bonds. The summed E-state index contributed by atoms with van der Waals surface area (Å²) in [6.07, 6.45) is 3.79. The van der Waals surface area contributed by atoms with Crippen molar-refractivity contribution in [2.24, 2.45) is 0 Å². The number of aromatic nitrogens is 3. The van der Waals surface area contributed by atoms with Crippen LogP contribution in [0.5, 0.6) is 0 Å². The average Bonchev–Trinajstić information content (AvgIpc) is 2.79. The summed E-state index contributed by atoms with van der Waals surface area (Å²) < 4.78 is 7.55. The summed E-state index contributed by atoms with van der Waals surface area (Å²) in [6, 6.07) is 4.92. The molecular formula is C18H22N4O4. The van der Waals surface area contributed by atoms with Crippen LogP contribution in [0.2, 0.25) is 0 Å². The molecule has 1 aliphatic rings. The van der Waals surface area contributed by atoms with Crippen molar-refractivity contribution in [1.29, 1.82) is 0 Å². The van der Waals surface area contributed by atoms with E-state index >= 15 is 0 Å². The normalized spacial score (nSPS) is 13.6. The molecule has 0 radical (unpaired) electrons. The SMILES string of the molecule is COC(=O)c1ccc(C)c(NC(=O)Cn2nc3n(c2=O)CCCCC3)c1. The van der Waals surface area contributed by atoms with Crippen LogP contribution in [-0.2, 0) is 29.0 Å². The van der Waals surface area contributed by atoms with E-state index in [1.807, 2.05) is 6.92 Å². The fourth-order valence-corrected chi connectivity index (χ4v) is 3.06. The summed E-state index contributed by atoms with van der Waals surface area (Å²) >= 11 is 0. The van der Waals surface area contributed by atoms with Crippen LogP contribution < -0.4 is 11.0 Å². The molecule has 8 nitrogen and oxygen atoms in total. The number of aryl methyl sites for hydroxylation is 2. The third kappa shape index (κ3) is 3.68. The highest BCUT2D eigenvalue weighted by Gasteiger charge is 2.18. The van der Waals surface area contributed by atoms with Gasteiger partial charge in [-0.15, -0.1) is 0 Å². The number of ether oxygens (including phenoxy) is 1. The molecule has 3 rings (SSSR count). The van der Waals surface area contributed by atoms with E-state index < -0.39 is 5.97 Å². The number of methoxy groups -OCH3 is 1. The van der Waals surface area contributed by atoms with Crippen LogP contribution in [0.3, 0.4) is 0 Å². The minimum Gasteiger partial charge on any atom is -0.465 e. The summed E-state index contributed by atoms with van der Waals surface area (Å²) in [6.45, 7) is 2.30. The number of carbonyl (C=O) groups is 2. The Balaban J connectivity index is 1.76. The fourth-order valence-electron chi connectivity index (χ4n) is 3.06. The molecule has 8 heteroatoms. The smallest absolute Gasteiger partial charge is 0.346 e. The van der Waals surface area contributed by atoms with Gasteiger partial charge in [0.25, 0.3) is 0 Å². The van der Waals surface area contributed by atoms with Gasteiger partial charge in [-0.05, 0) is 37.5 Å². The predicted octanol–water partition coefficient (Wildman–Crippen LogP) is 1.50. The van der Waals surface area contributed by atoms with Gasteiger partial charge in [0.1, 0.15) is 12.4 Å². The van der Waals surface area contributed by atoms with Gasteiger partial charge < -0.3 is 10.1 Å². The Hall–Kier alpha value is -2.90. The molecule has 26 heavy (non-hydrogen) atoms. The lowest BCUT2D eigenvalue weighted by Gasteiger charge is -2.10. The summed E-state index contributed by atoms with van der Waals surface area (Å²) in [5, 5.41) is 7.05. The Morgan fingerprint density at radius 1 is 1.27 bits per heavy atom. The van der Waals surface area contributed by atoms with E-state index in [1.54, 1.807) is 22.8 Å². The third-order valence-corrected chi connectivity index (χ3v) is 4.51. The summed E-state index contributed by atoms with van der Waals surface area (Å²) in [7, 11) is 1.30. The molecule has 0 fully saturated rings. The van der Waals surface area contributed by atoms with Crippen molar-refractivity contribution < 1.29 is 14.3 Å². The zero-order valence-electron chi connectivity index (χ0n) is 14.9. The van der Waals surface area contributed by atoms with Gasteiger partial charge in [-0.25, -0.2) is 14.3 Å². The first-order valence-corrected chi connectivity index (χ1v) is 8.65. The van der Waals surface area contributed by atoms with E-state index in [0.717, 1.165) is 37.1 Å². The zero-order chi connectivity index (χ0) is 18.7. The second kappa shape index (κ2) is 7.55. The number of rotatable bonds is 4. The molecule has 138 valence electrons. The number of fused-ring (bicyclic) bond motifs is 1. The molecule has 0 aliphatic carbocycles. The van der Waals surface area contributed by atoms with Gasteiger partial charge in [-0.1, -0.05) is 12.5 Å². The molecule has 0 atom stereocenters. The van der Waals surface area contributed by atoms with Crippen molar-refractivity contribution in [3.8, 4) is 0 Å². The highest BCUT2D eigenvalue weighted by atomic mass is 16.5. The standard InChI is InChI=1S/C18H22N4O4/c1-12-7-8-13(17(24)26-2)10-14(12)19-16(23)11-22-18(25)21-9-5-3-4-6-15(21)20-22/h7-8,10H,3-6,9,11H2,1-2H3,(H,19,23). The van der Waals surface area contributed by atoms with Gasteiger partial charge in [0, 0.05) is 18.7 Å². The molecule has 0 spiro atoms. The van der Waals surface area contributed by atoms with Gasteiger partial charge in [-0.3, -0.25) is 9.36 Å². The quantitative estimate of drug-likeness (QED) is 0.836. The van der Waals surface area contributed by atoms with Gasteiger partial charge >= 0.3 is 11.7 Å². The Kier molecular flexibility index (Phi) is 5.20. The van der Waals surface area contributed by atoms with Crippen LogP contribution >= 0.6 is 0 Å². The molecule has 2 aromatic rings. The minimum absolute atomic E-state index is 0.166. The van der Waals surface area contributed by atoms with Crippen molar-refractivity contribution in [1.82, 2.24) is 14.3 Å². The van der Waals surface area contributed by atoms with Crippen molar-refractivity contribution in [3.63, 3.8) is 0 Å². The number of amides is 1. The van der Waals surface area contributed by atoms with E-state index in [4.69, 9.17) is 4.74 Å². The molecule has 2 heterocycles. The van der Waals surface area contributed by atoms with E-state index in [1.165, 1.54) is 11.8 Å². The highest BCUT2D eigenvalue weighted by Crippen LogP contribution is 2.17. The molecule has 1 aliphatic heterocycles. The summed E-state index contributed by atoms with van der Waals surface area (Å²) in [5.41, 5.74) is 1.40. The Bertz CT molecular complexity index is 897. The van der Waals surface area contributed by atoms with Crippen molar-refractivity contribution in [2.45, 2.75) is 45.7 Å². The zero-order valence-corrected chi connectivity index (χ0v) is 14.9. The molecule has 0 saturated heterocycles.